The largest absolute Gasteiger partial charge is 0.330 e. The molecule has 0 amide bonds. The van der Waals surface area contributed by atoms with Crippen molar-refractivity contribution in [2.45, 2.75) is 13.3 Å². The summed E-state index contributed by atoms with van der Waals surface area (Å²) in [7, 11) is 2.10. The predicted octanol–water partition coefficient (Wildman–Crippen LogP) is 2.85. The van der Waals surface area contributed by atoms with Gasteiger partial charge in [0.05, 0.1) is 30.3 Å². The van der Waals surface area contributed by atoms with Crippen molar-refractivity contribution in [3.8, 4) is 22.5 Å². The second-order valence-electron chi connectivity index (χ2n) is 5.49. The van der Waals surface area contributed by atoms with Crippen LogP contribution < -0.4 is 4.57 Å². The van der Waals surface area contributed by atoms with Crippen LogP contribution in [0.1, 0.15) is 17.0 Å². The Bertz CT molecular complexity index is 853. The molecule has 1 aromatic carbocycles. The lowest BCUT2D eigenvalue weighted by Crippen LogP contribution is -2.37. The van der Waals surface area contributed by atoms with Gasteiger partial charge >= 0.3 is 5.82 Å². The molecule has 2 aromatic heterocycles. The number of hydrogen-bond acceptors (Lipinski definition) is 2. The minimum Gasteiger partial charge on any atom is -0.260 e. The minimum absolute atomic E-state index is 0.878. The lowest BCUT2D eigenvalue weighted by Gasteiger charge is -2.06. The maximum atomic E-state index is 4.72. The molecule has 21 heavy (non-hydrogen) atoms. The zero-order chi connectivity index (χ0) is 14.4. The van der Waals surface area contributed by atoms with E-state index in [9.17, 15) is 0 Å². The molecule has 3 nitrogen and oxygen atoms in total. The minimum atomic E-state index is 0.878. The maximum Gasteiger partial charge on any atom is 0.330 e. The van der Waals surface area contributed by atoms with Crippen LogP contribution in [0.25, 0.3) is 22.5 Å². The average Bonchev–Trinajstić information content (AvgIpc) is 2.89. The molecule has 0 spiro atoms. The Morgan fingerprint density at radius 1 is 0.952 bits per heavy atom. The van der Waals surface area contributed by atoms with Gasteiger partial charge in [0.1, 0.15) is 5.69 Å². The third-order valence-corrected chi connectivity index (χ3v) is 4.25. The standard InChI is InChI=1S/C18H16N3/c1-12-6-3-4-7-13(12)18-20-11-15-14-8-5-9-19-16(14)10-17(15)21(18)2/h3-9,11H,10H2,1-2H3/q+1. The van der Waals surface area contributed by atoms with Gasteiger partial charge < -0.3 is 0 Å². The van der Waals surface area contributed by atoms with Gasteiger partial charge in [-0.15, -0.1) is 0 Å². The van der Waals surface area contributed by atoms with Crippen molar-refractivity contribution >= 4 is 0 Å². The molecule has 0 fully saturated rings. The second kappa shape index (κ2) is 4.48. The average molecular weight is 274 g/mol. The van der Waals surface area contributed by atoms with E-state index in [2.05, 4.69) is 53.9 Å². The first-order chi connectivity index (χ1) is 10.3. The van der Waals surface area contributed by atoms with E-state index in [4.69, 9.17) is 4.98 Å². The highest BCUT2D eigenvalue weighted by Gasteiger charge is 2.29. The van der Waals surface area contributed by atoms with Crippen LogP contribution >= 0.6 is 0 Å². The summed E-state index contributed by atoms with van der Waals surface area (Å²) in [5.74, 6) is 1.01. The molecule has 0 saturated heterocycles. The fourth-order valence-corrected chi connectivity index (χ4v) is 3.09. The van der Waals surface area contributed by atoms with Crippen LogP contribution in [0.4, 0.5) is 0 Å². The Morgan fingerprint density at radius 2 is 1.76 bits per heavy atom. The molecule has 0 unspecified atom stereocenters. The topological polar surface area (TPSA) is 29.7 Å². The summed E-state index contributed by atoms with van der Waals surface area (Å²) < 4.78 is 2.21. The summed E-state index contributed by atoms with van der Waals surface area (Å²) in [4.78, 5) is 9.21. The van der Waals surface area contributed by atoms with Gasteiger partial charge in [0.25, 0.3) is 0 Å². The Morgan fingerprint density at radius 3 is 2.62 bits per heavy atom. The maximum absolute atomic E-state index is 4.72. The summed E-state index contributed by atoms with van der Waals surface area (Å²) in [6, 6.07) is 12.5. The van der Waals surface area contributed by atoms with E-state index >= 15 is 0 Å². The molecule has 102 valence electrons. The molecule has 0 radical (unpaired) electrons. The summed E-state index contributed by atoms with van der Waals surface area (Å²) in [5.41, 5.74) is 7.29. The summed E-state index contributed by atoms with van der Waals surface area (Å²) >= 11 is 0. The first kappa shape index (κ1) is 12.2. The number of nitrogens with zero attached hydrogens (tertiary/aromatic N) is 3. The van der Waals surface area contributed by atoms with E-state index in [1.807, 2.05) is 18.5 Å². The molecule has 4 rings (SSSR count). The first-order valence-electron chi connectivity index (χ1n) is 7.14. The van der Waals surface area contributed by atoms with Crippen molar-refractivity contribution in [3.05, 3.63) is 65.7 Å². The zero-order valence-corrected chi connectivity index (χ0v) is 12.2. The fraction of sp³-hybridized carbons (Fsp3) is 0.167. The molecule has 0 N–H and O–H groups in total. The smallest absolute Gasteiger partial charge is 0.260 e. The van der Waals surface area contributed by atoms with Gasteiger partial charge in [0.15, 0.2) is 6.20 Å². The SMILES string of the molecule is Cc1ccccc1-c1ncc2c([n+]1C)Cc1ncccc1-2. The Kier molecular flexibility index (Phi) is 2.61. The molecule has 0 bridgehead atoms. The van der Waals surface area contributed by atoms with Crippen LogP contribution in [0, 0.1) is 6.92 Å². The van der Waals surface area contributed by atoms with Gasteiger partial charge in [-0.05, 0) is 29.6 Å². The summed E-state index contributed by atoms with van der Waals surface area (Å²) in [6.45, 7) is 2.13. The Labute approximate surface area is 124 Å². The van der Waals surface area contributed by atoms with E-state index < -0.39 is 0 Å². The Hall–Kier alpha value is -2.55. The quantitative estimate of drug-likeness (QED) is 0.500. The highest BCUT2D eigenvalue weighted by Crippen LogP contribution is 2.33. The molecule has 3 aromatic rings. The van der Waals surface area contributed by atoms with Crippen molar-refractivity contribution in [2.75, 3.05) is 0 Å². The third kappa shape index (κ3) is 1.77. The molecule has 2 heterocycles. The summed E-state index contributed by atoms with van der Waals surface area (Å²) in [5, 5.41) is 0. The van der Waals surface area contributed by atoms with Crippen molar-refractivity contribution in [1.82, 2.24) is 9.97 Å². The van der Waals surface area contributed by atoms with Crippen LogP contribution in [0.2, 0.25) is 0 Å². The highest BCUT2D eigenvalue weighted by molar-refractivity contribution is 5.72. The van der Waals surface area contributed by atoms with Gasteiger partial charge in [-0.3, -0.25) is 4.98 Å². The van der Waals surface area contributed by atoms with Crippen molar-refractivity contribution in [2.24, 2.45) is 7.05 Å². The molecule has 1 aliphatic rings. The van der Waals surface area contributed by atoms with Crippen molar-refractivity contribution < 1.29 is 4.57 Å². The lowest BCUT2D eigenvalue weighted by molar-refractivity contribution is -0.669. The molecular formula is C18H16N3+. The lowest BCUT2D eigenvalue weighted by atomic mass is 10.1. The molecule has 0 atom stereocenters. The molecule has 0 aliphatic heterocycles. The van der Waals surface area contributed by atoms with Gasteiger partial charge in [0.2, 0.25) is 0 Å². The van der Waals surface area contributed by atoms with Crippen LogP contribution in [0.3, 0.4) is 0 Å². The first-order valence-corrected chi connectivity index (χ1v) is 7.14. The van der Waals surface area contributed by atoms with Gasteiger partial charge in [-0.1, -0.05) is 24.3 Å². The van der Waals surface area contributed by atoms with Crippen LogP contribution in [-0.2, 0) is 13.5 Å². The summed E-state index contributed by atoms with van der Waals surface area (Å²) in [6.07, 6.45) is 4.73. The molecular weight excluding hydrogens is 258 g/mol. The van der Waals surface area contributed by atoms with Crippen LogP contribution in [-0.4, -0.2) is 9.97 Å². The fourth-order valence-electron chi connectivity index (χ4n) is 3.09. The number of pyridine rings is 1. The molecule has 3 heteroatoms. The number of fused-ring (bicyclic) bond motifs is 3. The van der Waals surface area contributed by atoms with E-state index in [1.165, 1.54) is 27.9 Å². The number of aromatic nitrogens is 3. The van der Waals surface area contributed by atoms with Crippen LogP contribution in [0.5, 0.6) is 0 Å². The van der Waals surface area contributed by atoms with Gasteiger partial charge in [-0.25, -0.2) is 4.57 Å². The van der Waals surface area contributed by atoms with Gasteiger partial charge in [-0.2, -0.15) is 0 Å². The normalized spacial score (nSPS) is 12.1. The van der Waals surface area contributed by atoms with Crippen LogP contribution in [0.15, 0.2) is 48.8 Å². The predicted molar refractivity (Wildman–Crippen MR) is 81.6 cm³/mol. The van der Waals surface area contributed by atoms with Crippen molar-refractivity contribution in [1.29, 1.82) is 0 Å². The third-order valence-electron chi connectivity index (χ3n) is 4.25. The van der Waals surface area contributed by atoms with E-state index in [-0.39, 0.29) is 0 Å². The number of benzene rings is 1. The second-order valence-corrected chi connectivity index (χ2v) is 5.49. The monoisotopic (exact) mass is 274 g/mol. The number of aryl methyl sites for hydroxylation is 1. The zero-order valence-electron chi connectivity index (χ0n) is 12.2. The van der Waals surface area contributed by atoms with E-state index in [0.717, 1.165) is 17.9 Å². The van der Waals surface area contributed by atoms with Gasteiger partial charge in [0, 0.05) is 11.8 Å². The molecule has 1 aliphatic carbocycles. The van der Waals surface area contributed by atoms with Crippen molar-refractivity contribution in [3.63, 3.8) is 0 Å². The Balaban J connectivity index is 1.93. The van der Waals surface area contributed by atoms with E-state index in [0.29, 0.717) is 0 Å². The number of hydrogen-bond donors (Lipinski definition) is 0. The number of rotatable bonds is 1. The molecule has 0 saturated carbocycles. The van der Waals surface area contributed by atoms with E-state index in [1.54, 1.807) is 0 Å². The highest BCUT2D eigenvalue weighted by atomic mass is 15.0.